The normalized spacial score (nSPS) is 40.1. The highest BCUT2D eigenvalue weighted by Crippen LogP contribution is 2.61. The zero-order chi connectivity index (χ0) is 16.0. The van der Waals surface area contributed by atoms with Gasteiger partial charge < -0.3 is 15.5 Å². The summed E-state index contributed by atoms with van der Waals surface area (Å²) in [6.07, 6.45) is 8.42. The molecule has 5 heteroatoms. The molecule has 0 aromatic carbocycles. The molecule has 4 bridgehead atoms. The van der Waals surface area contributed by atoms with Crippen LogP contribution in [-0.2, 0) is 9.59 Å². The lowest BCUT2D eigenvalue weighted by Gasteiger charge is -2.59. The Balaban J connectivity index is 1.34. The number of rotatable bonds is 4. The molecule has 2 N–H and O–H groups in total. The Kier molecular flexibility index (Phi) is 3.87. The molecule has 2 amide bonds. The van der Waals surface area contributed by atoms with Crippen molar-refractivity contribution in [2.75, 3.05) is 26.2 Å². The number of carbonyl (C=O) groups is 2. The molecule has 1 aliphatic heterocycles. The number of nitrogens with one attached hydrogen (secondary N) is 2. The van der Waals surface area contributed by atoms with Gasteiger partial charge in [-0.25, -0.2) is 0 Å². The summed E-state index contributed by atoms with van der Waals surface area (Å²) < 4.78 is 0. The van der Waals surface area contributed by atoms with Crippen LogP contribution in [0.4, 0.5) is 0 Å². The molecule has 5 fully saturated rings. The van der Waals surface area contributed by atoms with Crippen molar-refractivity contribution in [1.29, 1.82) is 0 Å². The van der Waals surface area contributed by atoms with E-state index in [1.165, 1.54) is 38.5 Å². The molecule has 0 spiro atoms. The Bertz CT molecular complexity index is 469. The molecule has 0 radical (unpaired) electrons. The number of carbonyl (C=O) groups excluding carboxylic acids is 2. The maximum Gasteiger partial charge on any atom is 0.239 e. The summed E-state index contributed by atoms with van der Waals surface area (Å²) in [5, 5.41) is 6.30. The van der Waals surface area contributed by atoms with Crippen molar-refractivity contribution < 1.29 is 9.59 Å². The van der Waals surface area contributed by atoms with Gasteiger partial charge >= 0.3 is 0 Å². The second-order valence-corrected chi connectivity index (χ2v) is 8.55. The summed E-state index contributed by atoms with van der Waals surface area (Å²) in [4.78, 5) is 25.5. The molecule has 0 aromatic heterocycles. The van der Waals surface area contributed by atoms with Crippen molar-refractivity contribution in [3.63, 3.8) is 0 Å². The molecule has 0 aromatic rings. The standard InChI is InChI=1S/C18H29N3O2/c1-12(20-10-17(23)21-3-2-19-16(22)11-21)18-7-13-4-14(8-18)6-15(5-13)9-18/h12-15,20H,2-11H2,1H3,(H,19,22). The van der Waals surface area contributed by atoms with Gasteiger partial charge in [-0.2, -0.15) is 0 Å². The Morgan fingerprint density at radius 3 is 2.43 bits per heavy atom. The first-order valence-corrected chi connectivity index (χ1v) is 9.32. The number of hydrogen-bond donors (Lipinski definition) is 2. The van der Waals surface area contributed by atoms with Crippen molar-refractivity contribution in [2.45, 2.75) is 51.5 Å². The van der Waals surface area contributed by atoms with Crippen molar-refractivity contribution >= 4 is 11.8 Å². The van der Waals surface area contributed by atoms with Crippen LogP contribution in [0.1, 0.15) is 45.4 Å². The van der Waals surface area contributed by atoms with Gasteiger partial charge in [0.25, 0.3) is 0 Å². The van der Waals surface area contributed by atoms with E-state index in [1.807, 2.05) is 0 Å². The van der Waals surface area contributed by atoms with E-state index >= 15 is 0 Å². The average Bonchev–Trinajstić information content (AvgIpc) is 2.51. The molecule has 1 atom stereocenters. The predicted molar refractivity (Wildman–Crippen MR) is 87.7 cm³/mol. The molecule has 1 unspecified atom stereocenters. The third-order valence-electron chi connectivity index (χ3n) is 6.95. The summed E-state index contributed by atoms with van der Waals surface area (Å²) in [5.41, 5.74) is 0.425. The Hall–Kier alpha value is -1.10. The van der Waals surface area contributed by atoms with Gasteiger partial charge in [0.05, 0.1) is 13.1 Å². The first-order valence-electron chi connectivity index (χ1n) is 9.32. The van der Waals surface area contributed by atoms with E-state index in [1.54, 1.807) is 4.90 Å². The van der Waals surface area contributed by atoms with Gasteiger partial charge in [0, 0.05) is 19.1 Å². The van der Waals surface area contributed by atoms with Gasteiger partial charge in [-0.05, 0) is 68.6 Å². The molecule has 5 rings (SSSR count). The lowest BCUT2D eigenvalue weighted by atomic mass is 9.48. The van der Waals surface area contributed by atoms with Gasteiger partial charge in [0.1, 0.15) is 0 Å². The largest absolute Gasteiger partial charge is 0.353 e. The first kappa shape index (κ1) is 15.4. The first-order chi connectivity index (χ1) is 11.0. The fourth-order valence-electron chi connectivity index (χ4n) is 6.13. The van der Waals surface area contributed by atoms with Crippen LogP contribution >= 0.6 is 0 Å². The van der Waals surface area contributed by atoms with E-state index in [2.05, 4.69) is 17.6 Å². The molecule has 128 valence electrons. The van der Waals surface area contributed by atoms with Gasteiger partial charge in [-0.1, -0.05) is 0 Å². The van der Waals surface area contributed by atoms with Crippen LogP contribution in [0.25, 0.3) is 0 Å². The van der Waals surface area contributed by atoms with E-state index in [0.29, 0.717) is 31.1 Å². The van der Waals surface area contributed by atoms with Gasteiger partial charge in [-0.3, -0.25) is 9.59 Å². The molecule has 4 aliphatic carbocycles. The van der Waals surface area contributed by atoms with Crippen molar-refractivity contribution in [1.82, 2.24) is 15.5 Å². The molecule has 1 heterocycles. The van der Waals surface area contributed by atoms with Crippen molar-refractivity contribution in [2.24, 2.45) is 23.2 Å². The Morgan fingerprint density at radius 2 is 1.87 bits per heavy atom. The second-order valence-electron chi connectivity index (χ2n) is 8.55. The minimum absolute atomic E-state index is 0.0428. The van der Waals surface area contributed by atoms with Gasteiger partial charge in [-0.15, -0.1) is 0 Å². The minimum Gasteiger partial charge on any atom is -0.353 e. The molecular formula is C18H29N3O2. The number of piperazine rings is 1. The van der Waals surface area contributed by atoms with E-state index in [9.17, 15) is 9.59 Å². The lowest BCUT2D eigenvalue weighted by molar-refractivity contribution is -0.138. The summed E-state index contributed by atoms with van der Waals surface area (Å²) in [7, 11) is 0. The highest BCUT2D eigenvalue weighted by atomic mass is 16.2. The second kappa shape index (κ2) is 5.76. The maximum absolute atomic E-state index is 12.4. The smallest absolute Gasteiger partial charge is 0.239 e. The van der Waals surface area contributed by atoms with Crippen LogP contribution in [0.3, 0.4) is 0 Å². The van der Waals surface area contributed by atoms with E-state index in [-0.39, 0.29) is 18.4 Å². The summed E-state index contributed by atoms with van der Waals surface area (Å²) in [6.45, 7) is 4.08. The maximum atomic E-state index is 12.4. The van der Waals surface area contributed by atoms with Crippen LogP contribution in [0.5, 0.6) is 0 Å². The van der Waals surface area contributed by atoms with Crippen LogP contribution in [-0.4, -0.2) is 48.9 Å². The topological polar surface area (TPSA) is 61.4 Å². The lowest BCUT2D eigenvalue weighted by Crippen LogP contribution is -2.57. The number of nitrogens with zero attached hydrogens (tertiary/aromatic N) is 1. The van der Waals surface area contributed by atoms with E-state index in [4.69, 9.17) is 0 Å². The molecule has 4 saturated carbocycles. The summed E-state index contributed by atoms with van der Waals surface area (Å²) in [6, 6.07) is 0.401. The van der Waals surface area contributed by atoms with E-state index in [0.717, 1.165) is 17.8 Å². The van der Waals surface area contributed by atoms with E-state index < -0.39 is 0 Å². The third-order valence-corrected chi connectivity index (χ3v) is 6.95. The molecule has 23 heavy (non-hydrogen) atoms. The summed E-state index contributed by atoms with van der Waals surface area (Å²) in [5.74, 6) is 2.83. The summed E-state index contributed by atoms with van der Waals surface area (Å²) >= 11 is 0. The van der Waals surface area contributed by atoms with Gasteiger partial charge in [0.2, 0.25) is 11.8 Å². The van der Waals surface area contributed by atoms with Crippen molar-refractivity contribution in [3.8, 4) is 0 Å². The zero-order valence-corrected chi connectivity index (χ0v) is 14.1. The SMILES string of the molecule is CC(NCC(=O)N1CCNC(=O)C1)C12CC3CC(CC(C3)C1)C2. The molecule has 1 saturated heterocycles. The monoisotopic (exact) mass is 319 g/mol. The average molecular weight is 319 g/mol. The molecular weight excluding hydrogens is 290 g/mol. The third kappa shape index (κ3) is 2.88. The van der Waals surface area contributed by atoms with Crippen LogP contribution < -0.4 is 10.6 Å². The quantitative estimate of drug-likeness (QED) is 0.817. The van der Waals surface area contributed by atoms with Crippen molar-refractivity contribution in [3.05, 3.63) is 0 Å². The van der Waals surface area contributed by atoms with Crippen LogP contribution in [0.15, 0.2) is 0 Å². The Labute approximate surface area is 138 Å². The highest BCUT2D eigenvalue weighted by molar-refractivity contribution is 5.86. The fraction of sp³-hybridized carbons (Fsp3) is 0.889. The Morgan fingerprint density at radius 1 is 1.26 bits per heavy atom. The number of hydrogen-bond acceptors (Lipinski definition) is 3. The number of amides is 2. The van der Waals surface area contributed by atoms with Crippen LogP contribution in [0.2, 0.25) is 0 Å². The van der Waals surface area contributed by atoms with Crippen LogP contribution in [0, 0.1) is 23.2 Å². The zero-order valence-electron chi connectivity index (χ0n) is 14.1. The fourth-order valence-corrected chi connectivity index (χ4v) is 6.13. The predicted octanol–water partition coefficient (Wildman–Crippen LogP) is 1.14. The van der Waals surface area contributed by atoms with Gasteiger partial charge in [0.15, 0.2) is 0 Å². The highest BCUT2D eigenvalue weighted by Gasteiger charge is 2.53. The molecule has 5 nitrogen and oxygen atoms in total. The molecule has 5 aliphatic rings. The minimum atomic E-state index is -0.0428.